The summed E-state index contributed by atoms with van der Waals surface area (Å²) in [5.41, 5.74) is 8.65. The van der Waals surface area contributed by atoms with Crippen molar-refractivity contribution in [1.29, 1.82) is 0 Å². The lowest BCUT2D eigenvalue weighted by Gasteiger charge is -2.17. The fraction of sp³-hybridized carbons (Fsp3) is 0.375. The van der Waals surface area contributed by atoms with Gasteiger partial charge in [0.15, 0.2) is 5.69 Å². The van der Waals surface area contributed by atoms with Crippen LogP contribution in [0.1, 0.15) is 61.6 Å². The predicted molar refractivity (Wildman–Crippen MR) is 166 cm³/mol. The monoisotopic (exact) mass is 555 g/mol. The number of hydrogen-bond donors (Lipinski definition) is 2. The highest BCUT2D eigenvalue weighted by Gasteiger charge is 2.28. The zero-order valence-electron chi connectivity index (χ0n) is 25.3. The number of ether oxygens (including phenoxy) is 1. The largest absolute Gasteiger partial charge is 0.494 e. The van der Waals surface area contributed by atoms with Crippen molar-refractivity contribution in [3.05, 3.63) is 76.8 Å². The topological polar surface area (TPSA) is 97.2 Å². The number of allylic oxidation sites excluding steroid dienone is 4. The van der Waals surface area contributed by atoms with Gasteiger partial charge in [-0.1, -0.05) is 32.6 Å². The molecule has 1 aliphatic rings. The number of carbonyl (C=O) groups excluding carboxylic acids is 1. The summed E-state index contributed by atoms with van der Waals surface area (Å²) in [7, 11) is 7.48. The number of hydrogen-bond acceptors (Lipinski definition) is 7. The summed E-state index contributed by atoms with van der Waals surface area (Å²) in [6, 6.07) is 5.93. The summed E-state index contributed by atoms with van der Waals surface area (Å²) in [6.45, 7) is 10.1. The van der Waals surface area contributed by atoms with Gasteiger partial charge in [0.05, 0.1) is 24.2 Å². The van der Waals surface area contributed by atoms with Crippen molar-refractivity contribution in [3.8, 4) is 17.1 Å². The van der Waals surface area contributed by atoms with E-state index < -0.39 is 0 Å². The van der Waals surface area contributed by atoms with Crippen LogP contribution in [-0.4, -0.2) is 46.9 Å². The summed E-state index contributed by atoms with van der Waals surface area (Å²) >= 11 is 0. The Kier molecular flexibility index (Phi) is 9.27. The number of aromatic nitrogens is 4. The second-order valence-corrected chi connectivity index (χ2v) is 10.2. The van der Waals surface area contributed by atoms with E-state index in [-0.39, 0.29) is 5.91 Å². The molecule has 2 aromatic heterocycles. The molecule has 0 saturated carbocycles. The van der Waals surface area contributed by atoms with Crippen LogP contribution in [0.2, 0.25) is 0 Å². The predicted octanol–water partition coefficient (Wildman–Crippen LogP) is 6.12. The molecule has 2 heterocycles. The molecule has 0 radical (unpaired) electrons. The first-order valence-corrected chi connectivity index (χ1v) is 14.1. The number of benzene rings is 1. The van der Waals surface area contributed by atoms with Gasteiger partial charge in [0, 0.05) is 50.4 Å². The second kappa shape index (κ2) is 12.8. The Labute approximate surface area is 243 Å². The van der Waals surface area contributed by atoms with Gasteiger partial charge in [0.25, 0.3) is 5.91 Å². The molecule has 1 amide bonds. The molecule has 1 aromatic carbocycles. The minimum absolute atomic E-state index is 0.223. The van der Waals surface area contributed by atoms with Gasteiger partial charge >= 0.3 is 0 Å². The summed E-state index contributed by atoms with van der Waals surface area (Å²) in [6.07, 6.45) is 9.68. The molecule has 4 rings (SSSR count). The first-order chi connectivity index (χ1) is 19.8. The zero-order chi connectivity index (χ0) is 29.7. The minimum atomic E-state index is -0.223. The molecule has 0 unspecified atom stereocenters. The van der Waals surface area contributed by atoms with E-state index in [1.54, 1.807) is 11.8 Å². The maximum atomic E-state index is 13.7. The molecule has 0 bridgehead atoms. The third kappa shape index (κ3) is 6.04. The number of nitrogens with zero attached hydrogens (tertiary/aromatic N) is 5. The van der Waals surface area contributed by atoms with Gasteiger partial charge in [0.2, 0.25) is 5.95 Å². The molecule has 1 aliphatic carbocycles. The maximum Gasteiger partial charge on any atom is 0.276 e. The molecule has 0 atom stereocenters. The maximum absolute atomic E-state index is 13.7. The van der Waals surface area contributed by atoms with Gasteiger partial charge < -0.3 is 20.3 Å². The van der Waals surface area contributed by atoms with Crippen molar-refractivity contribution < 1.29 is 9.53 Å². The lowest BCUT2D eigenvalue weighted by molar-refractivity contribution is 0.0959. The molecule has 0 aliphatic heterocycles. The van der Waals surface area contributed by atoms with E-state index in [1.165, 1.54) is 0 Å². The normalized spacial score (nSPS) is 13.4. The van der Waals surface area contributed by atoms with E-state index in [0.29, 0.717) is 17.4 Å². The van der Waals surface area contributed by atoms with E-state index in [4.69, 9.17) is 14.8 Å². The van der Waals surface area contributed by atoms with Gasteiger partial charge in [-0.15, -0.1) is 0 Å². The van der Waals surface area contributed by atoms with E-state index in [2.05, 4.69) is 36.0 Å². The van der Waals surface area contributed by atoms with Crippen LogP contribution >= 0.6 is 0 Å². The molecule has 9 nitrogen and oxygen atoms in total. The van der Waals surface area contributed by atoms with Gasteiger partial charge in [-0.2, -0.15) is 5.10 Å². The first kappa shape index (κ1) is 29.6. The Balaban J connectivity index is 1.73. The quantitative estimate of drug-likeness (QED) is 0.291. The third-order valence-corrected chi connectivity index (χ3v) is 7.51. The smallest absolute Gasteiger partial charge is 0.276 e. The van der Waals surface area contributed by atoms with Crippen molar-refractivity contribution in [2.45, 2.75) is 52.9 Å². The molecule has 3 aromatic rings. The van der Waals surface area contributed by atoms with Crippen molar-refractivity contribution in [2.75, 3.05) is 31.4 Å². The van der Waals surface area contributed by atoms with E-state index in [0.717, 1.165) is 82.8 Å². The van der Waals surface area contributed by atoms with Gasteiger partial charge in [-0.25, -0.2) is 9.97 Å². The number of methoxy groups -OCH3 is 1. The lowest BCUT2D eigenvalue weighted by atomic mass is 10.0. The Morgan fingerprint density at radius 1 is 1.22 bits per heavy atom. The van der Waals surface area contributed by atoms with Gasteiger partial charge in [-0.3, -0.25) is 9.48 Å². The Morgan fingerprint density at radius 2 is 2.00 bits per heavy atom. The van der Waals surface area contributed by atoms with Crippen molar-refractivity contribution in [1.82, 2.24) is 25.1 Å². The summed E-state index contributed by atoms with van der Waals surface area (Å²) in [5, 5.41) is 11.2. The SMILES string of the molecule is C=C/C(CC)=C(NC(=O)c1nn(C)c2c1CCCc1cnc(Nc3ccc(N(C)C)cc3OC)nc1-2)\C(=C/C)CC. The number of nitrogens with one attached hydrogen (secondary N) is 2. The van der Waals surface area contributed by atoms with E-state index in [9.17, 15) is 4.79 Å². The highest BCUT2D eigenvalue weighted by atomic mass is 16.5. The van der Waals surface area contributed by atoms with Crippen LogP contribution in [0.3, 0.4) is 0 Å². The van der Waals surface area contributed by atoms with E-state index >= 15 is 0 Å². The number of carbonyl (C=O) groups is 1. The van der Waals surface area contributed by atoms with Crippen LogP contribution < -0.4 is 20.3 Å². The minimum Gasteiger partial charge on any atom is -0.494 e. The van der Waals surface area contributed by atoms with Crippen LogP contribution in [0.4, 0.5) is 17.3 Å². The van der Waals surface area contributed by atoms with Gasteiger partial charge in [-0.05, 0) is 67.9 Å². The number of amides is 1. The Bertz CT molecular complexity index is 1510. The standard InChI is InChI=1S/C32H41N7O2/c1-9-20(10-2)27(21(11-3)12-4)35-31(40)29-24-15-13-14-22-19-33-32(36-28(22)30(24)39(7)37-29)34-25-17-16-23(38(5)6)18-26(25)41-8/h9,11,16-19H,1,10,12-15H2,2-8H3,(H,35,40)(H,33,34,36)/b21-11-,27-20-. The Hall–Kier alpha value is -4.40. The molecular formula is C32H41N7O2. The van der Waals surface area contributed by atoms with Crippen LogP contribution in [0.15, 0.2) is 60.0 Å². The molecule has 0 spiro atoms. The molecule has 41 heavy (non-hydrogen) atoms. The zero-order valence-corrected chi connectivity index (χ0v) is 25.3. The van der Waals surface area contributed by atoms with Crippen molar-refractivity contribution in [3.63, 3.8) is 0 Å². The van der Waals surface area contributed by atoms with Crippen molar-refractivity contribution in [2.24, 2.45) is 7.05 Å². The first-order valence-electron chi connectivity index (χ1n) is 14.1. The summed E-state index contributed by atoms with van der Waals surface area (Å²) in [5.74, 6) is 0.917. The van der Waals surface area contributed by atoms with Crippen LogP contribution in [0.25, 0.3) is 11.4 Å². The van der Waals surface area contributed by atoms with Gasteiger partial charge in [0.1, 0.15) is 5.75 Å². The third-order valence-electron chi connectivity index (χ3n) is 7.51. The number of rotatable bonds is 10. The van der Waals surface area contributed by atoms with Crippen LogP contribution in [0, 0.1) is 0 Å². The number of aryl methyl sites for hydroxylation is 2. The van der Waals surface area contributed by atoms with Crippen LogP contribution in [0.5, 0.6) is 5.75 Å². The fourth-order valence-electron chi connectivity index (χ4n) is 5.26. The average Bonchev–Trinajstić information content (AvgIpc) is 3.18. The number of anilines is 3. The molecule has 0 saturated heterocycles. The van der Waals surface area contributed by atoms with Crippen LogP contribution in [-0.2, 0) is 19.9 Å². The highest BCUT2D eigenvalue weighted by Crippen LogP contribution is 2.35. The molecule has 9 heteroatoms. The molecular weight excluding hydrogens is 514 g/mol. The summed E-state index contributed by atoms with van der Waals surface area (Å²) < 4.78 is 7.40. The molecule has 216 valence electrons. The lowest BCUT2D eigenvalue weighted by Crippen LogP contribution is -2.26. The molecule has 2 N–H and O–H groups in total. The fourth-order valence-corrected chi connectivity index (χ4v) is 5.26. The van der Waals surface area contributed by atoms with Crippen molar-refractivity contribution >= 4 is 23.2 Å². The summed E-state index contributed by atoms with van der Waals surface area (Å²) in [4.78, 5) is 25.3. The average molecular weight is 556 g/mol. The highest BCUT2D eigenvalue weighted by molar-refractivity contribution is 5.97. The van der Waals surface area contributed by atoms with E-state index in [1.807, 2.05) is 69.5 Å². The second-order valence-electron chi connectivity index (χ2n) is 10.2. The Morgan fingerprint density at radius 3 is 2.63 bits per heavy atom. The number of fused-ring (bicyclic) bond motifs is 3. The molecule has 0 fully saturated rings.